The quantitative estimate of drug-likeness (QED) is 0.165. The molecule has 0 saturated carbocycles. The molecule has 1 aliphatic heterocycles. The molecule has 220 valence electrons. The predicted molar refractivity (Wildman–Crippen MR) is 153 cm³/mol. The Labute approximate surface area is 245 Å². The first kappa shape index (κ1) is 28.9. The number of furan rings is 1. The number of esters is 1. The SMILES string of the molecule is COC(=O)c1ccc(CN2C(=O)N/C(=C\c3cc(C)n(-c4ccc(OCC(=O)Nc5ccccc5F)cc4)c3C)C2=O)o1. The lowest BCUT2D eigenvalue weighted by molar-refractivity contribution is -0.123. The zero-order valence-corrected chi connectivity index (χ0v) is 23.5. The third-order valence-electron chi connectivity index (χ3n) is 6.71. The number of ether oxygens (including phenoxy) is 2. The summed E-state index contributed by atoms with van der Waals surface area (Å²) in [6.45, 7) is 3.34. The minimum absolute atomic E-state index is 0.0300. The second-order valence-corrected chi connectivity index (χ2v) is 9.61. The molecular formula is C31H27FN4O7. The maximum Gasteiger partial charge on any atom is 0.373 e. The lowest BCUT2D eigenvalue weighted by atomic mass is 10.2. The van der Waals surface area contributed by atoms with E-state index in [0.717, 1.165) is 27.5 Å². The van der Waals surface area contributed by atoms with Crippen LogP contribution in [0.2, 0.25) is 0 Å². The number of urea groups is 1. The van der Waals surface area contributed by atoms with Gasteiger partial charge in [0.25, 0.3) is 11.8 Å². The fourth-order valence-electron chi connectivity index (χ4n) is 4.62. The lowest BCUT2D eigenvalue weighted by Gasteiger charge is -2.12. The molecule has 1 aliphatic rings. The Morgan fingerprint density at radius 3 is 2.51 bits per heavy atom. The summed E-state index contributed by atoms with van der Waals surface area (Å²) in [7, 11) is 1.22. The van der Waals surface area contributed by atoms with Crippen LogP contribution < -0.4 is 15.4 Å². The number of aryl methyl sites for hydroxylation is 1. The summed E-state index contributed by atoms with van der Waals surface area (Å²) in [6, 6.07) is 17.1. The number of amides is 4. The van der Waals surface area contributed by atoms with E-state index in [1.165, 1.54) is 37.4 Å². The van der Waals surface area contributed by atoms with Gasteiger partial charge in [-0.3, -0.25) is 14.5 Å². The van der Waals surface area contributed by atoms with E-state index in [4.69, 9.17) is 9.15 Å². The van der Waals surface area contributed by atoms with Gasteiger partial charge in [-0.05, 0) is 80.1 Å². The molecule has 12 heteroatoms. The van der Waals surface area contributed by atoms with E-state index in [9.17, 15) is 23.6 Å². The molecule has 0 unspecified atom stereocenters. The largest absolute Gasteiger partial charge is 0.484 e. The third kappa shape index (κ3) is 6.17. The minimum atomic E-state index is -0.661. The van der Waals surface area contributed by atoms with Gasteiger partial charge in [0, 0.05) is 17.1 Å². The van der Waals surface area contributed by atoms with Crippen molar-refractivity contribution in [3.05, 3.63) is 107 Å². The van der Waals surface area contributed by atoms with Gasteiger partial charge in [-0.15, -0.1) is 0 Å². The molecule has 0 spiro atoms. The monoisotopic (exact) mass is 586 g/mol. The number of rotatable bonds is 9. The maximum atomic E-state index is 13.8. The summed E-state index contributed by atoms with van der Waals surface area (Å²) in [4.78, 5) is 50.4. The van der Waals surface area contributed by atoms with Crippen molar-refractivity contribution in [3.63, 3.8) is 0 Å². The van der Waals surface area contributed by atoms with Crippen LogP contribution in [0.25, 0.3) is 11.8 Å². The van der Waals surface area contributed by atoms with Crippen molar-refractivity contribution >= 4 is 35.6 Å². The molecule has 0 aliphatic carbocycles. The summed E-state index contributed by atoms with van der Waals surface area (Å²) in [5, 5.41) is 5.06. The highest BCUT2D eigenvalue weighted by molar-refractivity contribution is 6.14. The number of hydrogen-bond donors (Lipinski definition) is 2. The first-order valence-electron chi connectivity index (χ1n) is 13.1. The van der Waals surface area contributed by atoms with Gasteiger partial charge >= 0.3 is 12.0 Å². The van der Waals surface area contributed by atoms with E-state index in [1.807, 2.05) is 36.6 Å². The van der Waals surface area contributed by atoms with Crippen LogP contribution in [0.5, 0.6) is 5.75 Å². The maximum absolute atomic E-state index is 13.8. The van der Waals surface area contributed by atoms with Crippen LogP contribution in [-0.2, 0) is 20.9 Å². The van der Waals surface area contributed by atoms with Crippen LogP contribution in [0.15, 0.2) is 76.8 Å². The number of carbonyl (C=O) groups is 4. The van der Waals surface area contributed by atoms with Crippen molar-refractivity contribution in [1.82, 2.24) is 14.8 Å². The van der Waals surface area contributed by atoms with Crippen molar-refractivity contribution < 1.29 is 37.5 Å². The number of methoxy groups -OCH3 is 1. The molecule has 5 rings (SSSR count). The highest BCUT2D eigenvalue weighted by Crippen LogP contribution is 2.26. The number of hydrogen-bond acceptors (Lipinski definition) is 7. The zero-order valence-electron chi connectivity index (χ0n) is 23.5. The number of halogens is 1. The number of carbonyl (C=O) groups excluding carboxylic acids is 4. The van der Waals surface area contributed by atoms with Crippen LogP contribution in [0, 0.1) is 19.7 Å². The van der Waals surface area contributed by atoms with E-state index in [1.54, 1.807) is 24.3 Å². The molecule has 2 aromatic heterocycles. The fourth-order valence-corrected chi connectivity index (χ4v) is 4.62. The highest BCUT2D eigenvalue weighted by Gasteiger charge is 2.34. The van der Waals surface area contributed by atoms with Gasteiger partial charge in [0.2, 0.25) is 5.76 Å². The summed E-state index contributed by atoms with van der Waals surface area (Å²) in [6.07, 6.45) is 1.60. The first-order chi connectivity index (χ1) is 20.6. The number of imide groups is 1. The van der Waals surface area contributed by atoms with Crippen LogP contribution in [0.4, 0.5) is 14.9 Å². The number of para-hydroxylation sites is 1. The van der Waals surface area contributed by atoms with Crippen molar-refractivity contribution in [1.29, 1.82) is 0 Å². The summed E-state index contributed by atoms with van der Waals surface area (Å²) < 4.78 is 31.3. The molecule has 4 aromatic rings. The van der Waals surface area contributed by atoms with Crippen molar-refractivity contribution in [2.45, 2.75) is 20.4 Å². The Morgan fingerprint density at radius 2 is 1.79 bits per heavy atom. The van der Waals surface area contributed by atoms with Gasteiger partial charge in [-0.1, -0.05) is 12.1 Å². The normalized spacial score (nSPS) is 13.8. The molecule has 1 saturated heterocycles. The summed E-state index contributed by atoms with van der Waals surface area (Å²) >= 11 is 0. The van der Waals surface area contributed by atoms with Gasteiger partial charge < -0.3 is 29.1 Å². The van der Waals surface area contributed by atoms with Gasteiger partial charge in [-0.25, -0.2) is 14.0 Å². The second kappa shape index (κ2) is 12.1. The number of benzene rings is 2. The Bertz CT molecular complexity index is 1750. The molecule has 3 heterocycles. The number of nitrogens with one attached hydrogen (secondary N) is 2. The Hall–Kier alpha value is -5.65. The number of nitrogens with zero attached hydrogens (tertiary/aromatic N) is 2. The van der Waals surface area contributed by atoms with Gasteiger partial charge in [0.15, 0.2) is 6.61 Å². The van der Waals surface area contributed by atoms with Crippen molar-refractivity contribution in [2.24, 2.45) is 0 Å². The van der Waals surface area contributed by atoms with Crippen molar-refractivity contribution in [3.8, 4) is 11.4 Å². The number of anilines is 1. The summed E-state index contributed by atoms with van der Waals surface area (Å²) in [5.74, 6) is -1.55. The molecule has 43 heavy (non-hydrogen) atoms. The van der Waals surface area contributed by atoms with E-state index in [2.05, 4.69) is 15.4 Å². The fraction of sp³-hybridized carbons (Fsp3) is 0.161. The predicted octanol–water partition coefficient (Wildman–Crippen LogP) is 4.72. The molecule has 0 atom stereocenters. The van der Waals surface area contributed by atoms with Crippen LogP contribution in [0.1, 0.15) is 33.3 Å². The Kier molecular flexibility index (Phi) is 8.10. The molecule has 0 radical (unpaired) electrons. The molecule has 2 aromatic carbocycles. The van der Waals surface area contributed by atoms with Crippen LogP contribution in [0.3, 0.4) is 0 Å². The average Bonchev–Trinajstić information content (AvgIpc) is 3.65. The smallest absolute Gasteiger partial charge is 0.373 e. The molecule has 2 N–H and O–H groups in total. The Morgan fingerprint density at radius 1 is 1.05 bits per heavy atom. The zero-order chi connectivity index (χ0) is 30.7. The molecule has 0 bridgehead atoms. The second-order valence-electron chi connectivity index (χ2n) is 9.61. The molecule has 11 nitrogen and oxygen atoms in total. The number of aromatic nitrogens is 1. The lowest BCUT2D eigenvalue weighted by Crippen LogP contribution is -2.30. The topological polar surface area (TPSA) is 132 Å². The average molecular weight is 587 g/mol. The Balaban J connectivity index is 1.25. The van der Waals surface area contributed by atoms with Crippen molar-refractivity contribution in [2.75, 3.05) is 19.0 Å². The third-order valence-corrected chi connectivity index (χ3v) is 6.71. The standard InChI is InChI=1S/C31H27FN4O7/c1-18-14-20(15-26-29(38)35(31(40)34-26)16-23-12-13-27(43-23)30(39)41-3)19(2)36(18)21-8-10-22(11-9-21)42-17-28(37)33-25-7-5-4-6-24(25)32/h4-15H,16-17H2,1-3H3,(H,33,37)(H,34,40)/b26-15-. The first-order valence-corrected chi connectivity index (χ1v) is 13.1. The molecule has 1 fully saturated rings. The minimum Gasteiger partial charge on any atom is -0.484 e. The van der Waals surface area contributed by atoms with Gasteiger partial charge in [0.1, 0.15) is 23.0 Å². The van der Waals surface area contributed by atoms with E-state index < -0.39 is 29.6 Å². The van der Waals surface area contributed by atoms with E-state index in [-0.39, 0.29) is 36.1 Å². The molecule has 4 amide bonds. The highest BCUT2D eigenvalue weighted by atomic mass is 19.1. The van der Waals surface area contributed by atoms with E-state index in [0.29, 0.717) is 5.75 Å². The van der Waals surface area contributed by atoms with Crippen LogP contribution in [-0.4, -0.2) is 47.0 Å². The molecular weight excluding hydrogens is 559 g/mol. The van der Waals surface area contributed by atoms with E-state index >= 15 is 0 Å². The van der Waals surface area contributed by atoms with Gasteiger partial charge in [-0.2, -0.15) is 0 Å². The van der Waals surface area contributed by atoms with Crippen LogP contribution >= 0.6 is 0 Å². The summed E-state index contributed by atoms with van der Waals surface area (Å²) in [5.41, 5.74) is 3.40. The van der Waals surface area contributed by atoms with Gasteiger partial charge in [0.05, 0.1) is 19.3 Å².